The van der Waals surface area contributed by atoms with E-state index in [2.05, 4.69) is 74.8 Å². The highest BCUT2D eigenvalue weighted by Crippen LogP contribution is 2.32. The molecule has 1 N–H and O–H groups in total. The van der Waals surface area contributed by atoms with Crippen molar-refractivity contribution in [1.29, 1.82) is 0 Å². The summed E-state index contributed by atoms with van der Waals surface area (Å²) < 4.78 is 1.19. The molecule has 1 saturated heterocycles. The van der Waals surface area contributed by atoms with Crippen molar-refractivity contribution in [1.82, 2.24) is 10.2 Å². The van der Waals surface area contributed by atoms with Gasteiger partial charge in [0.1, 0.15) is 0 Å². The van der Waals surface area contributed by atoms with Crippen LogP contribution in [-0.2, 0) is 12.1 Å². The van der Waals surface area contributed by atoms with Crippen molar-refractivity contribution in [3.8, 4) is 0 Å². The Kier molecular flexibility index (Phi) is 4.26. The van der Waals surface area contributed by atoms with E-state index in [9.17, 15) is 0 Å². The Labute approximate surface area is 132 Å². The molecule has 1 aliphatic rings. The summed E-state index contributed by atoms with van der Waals surface area (Å²) in [6.07, 6.45) is 0. The third-order valence-corrected chi connectivity index (χ3v) is 5.77. The molecule has 0 radical (unpaired) electrons. The van der Waals surface area contributed by atoms with Gasteiger partial charge < -0.3 is 5.32 Å². The number of halogens is 1. The molecular formula is C16H19BrN2S. The van der Waals surface area contributed by atoms with Crippen LogP contribution in [0.1, 0.15) is 17.4 Å². The van der Waals surface area contributed by atoms with Gasteiger partial charge in [-0.2, -0.15) is 0 Å². The maximum absolute atomic E-state index is 3.55. The van der Waals surface area contributed by atoms with Gasteiger partial charge in [-0.3, -0.25) is 4.90 Å². The summed E-state index contributed by atoms with van der Waals surface area (Å²) in [5.41, 5.74) is 1.46. The van der Waals surface area contributed by atoms with E-state index in [0.29, 0.717) is 0 Å². The maximum Gasteiger partial charge on any atom is 0.0561 e. The summed E-state index contributed by atoms with van der Waals surface area (Å²) in [6.45, 7) is 6.51. The fourth-order valence-electron chi connectivity index (χ4n) is 2.86. The Balaban J connectivity index is 1.87. The number of hydrogen-bond donors (Lipinski definition) is 1. The summed E-state index contributed by atoms with van der Waals surface area (Å²) in [5.74, 6) is 0. The standard InChI is InChI=1S/C16H19BrN2S/c1-16(13-5-3-2-4-6-13)12-18-7-8-19(16)10-15-9-14(17)11-20-15/h2-6,9,11,18H,7-8,10,12H2,1H3. The first-order valence-electron chi connectivity index (χ1n) is 6.93. The molecule has 0 spiro atoms. The summed E-state index contributed by atoms with van der Waals surface area (Å²) in [7, 11) is 0. The third kappa shape index (κ3) is 2.84. The lowest BCUT2D eigenvalue weighted by Crippen LogP contribution is -2.56. The molecule has 1 aromatic heterocycles. The zero-order valence-electron chi connectivity index (χ0n) is 11.6. The molecule has 0 amide bonds. The monoisotopic (exact) mass is 350 g/mol. The second-order valence-corrected chi connectivity index (χ2v) is 7.38. The van der Waals surface area contributed by atoms with Gasteiger partial charge in [0.05, 0.1) is 5.54 Å². The van der Waals surface area contributed by atoms with Crippen molar-refractivity contribution in [2.75, 3.05) is 19.6 Å². The Morgan fingerprint density at radius 1 is 1.35 bits per heavy atom. The number of benzene rings is 1. The second-order valence-electron chi connectivity index (χ2n) is 5.47. The fraction of sp³-hybridized carbons (Fsp3) is 0.375. The molecule has 1 aromatic carbocycles. The smallest absolute Gasteiger partial charge is 0.0561 e. The minimum atomic E-state index is 0.0655. The van der Waals surface area contributed by atoms with Crippen LogP contribution in [0.5, 0.6) is 0 Å². The molecule has 2 nitrogen and oxygen atoms in total. The lowest BCUT2D eigenvalue weighted by molar-refractivity contribution is 0.0660. The topological polar surface area (TPSA) is 15.3 Å². The molecule has 1 atom stereocenters. The van der Waals surface area contributed by atoms with Crippen LogP contribution in [0.15, 0.2) is 46.3 Å². The van der Waals surface area contributed by atoms with E-state index in [-0.39, 0.29) is 5.54 Å². The van der Waals surface area contributed by atoms with Crippen LogP contribution in [-0.4, -0.2) is 24.5 Å². The molecule has 2 heterocycles. The zero-order chi connectivity index (χ0) is 14.0. The number of nitrogens with zero attached hydrogens (tertiary/aromatic N) is 1. The molecule has 0 aliphatic carbocycles. The highest BCUT2D eigenvalue weighted by atomic mass is 79.9. The molecule has 4 heteroatoms. The van der Waals surface area contributed by atoms with Gasteiger partial charge in [0.15, 0.2) is 0 Å². The van der Waals surface area contributed by atoms with Crippen LogP contribution in [0.3, 0.4) is 0 Å². The Morgan fingerprint density at radius 2 is 2.15 bits per heavy atom. The Morgan fingerprint density at radius 3 is 2.85 bits per heavy atom. The first kappa shape index (κ1) is 14.3. The van der Waals surface area contributed by atoms with Gasteiger partial charge in [-0.15, -0.1) is 11.3 Å². The van der Waals surface area contributed by atoms with Gasteiger partial charge in [-0.1, -0.05) is 30.3 Å². The number of piperazine rings is 1. The summed E-state index contributed by atoms with van der Waals surface area (Å²) in [6, 6.07) is 13.1. The average Bonchev–Trinajstić information content (AvgIpc) is 2.88. The van der Waals surface area contributed by atoms with Crippen molar-refractivity contribution >= 4 is 27.3 Å². The number of nitrogens with one attached hydrogen (secondary N) is 1. The highest BCUT2D eigenvalue weighted by Gasteiger charge is 2.35. The first-order chi connectivity index (χ1) is 9.68. The van der Waals surface area contributed by atoms with Crippen LogP contribution in [0.2, 0.25) is 0 Å². The van der Waals surface area contributed by atoms with E-state index in [1.165, 1.54) is 14.9 Å². The maximum atomic E-state index is 3.55. The van der Waals surface area contributed by atoms with E-state index >= 15 is 0 Å². The van der Waals surface area contributed by atoms with Crippen LogP contribution in [0, 0.1) is 0 Å². The third-order valence-electron chi connectivity index (χ3n) is 4.09. The van der Waals surface area contributed by atoms with Crippen LogP contribution in [0.4, 0.5) is 0 Å². The van der Waals surface area contributed by atoms with Gasteiger partial charge in [0.2, 0.25) is 0 Å². The molecule has 0 saturated carbocycles. The largest absolute Gasteiger partial charge is 0.313 e. The lowest BCUT2D eigenvalue weighted by Gasteiger charge is -2.45. The molecule has 20 heavy (non-hydrogen) atoms. The lowest BCUT2D eigenvalue weighted by atomic mass is 9.88. The number of thiophene rings is 1. The Bertz CT molecular complexity index is 569. The molecule has 106 valence electrons. The van der Waals surface area contributed by atoms with Crippen molar-refractivity contribution < 1.29 is 0 Å². The van der Waals surface area contributed by atoms with Crippen molar-refractivity contribution in [3.63, 3.8) is 0 Å². The Hall–Kier alpha value is -0.680. The van der Waals surface area contributed by atoms with Crippen molar-refractivity contribution in [2.45, 2.75) is 19.0 Å². The summed E-state index contributed by atoms with van der Waals surface area (Å²) in [5, 5.41) is 5.71. The second kappa shape index (κ2) is 5.98. The number of rotatable bonds is 3. The van der Waals surface area contributed by atoms with E-state index in [1.54, 1.807) is 0 Å². The molecule has 1 fully saturated rings. The normalized spacial score (nSPS) is 23.9. The summed E-state index contributed by atoms with van der Waals surface area (Å²) >= 11 is 5.38. The fourth-order valence-corrected chi connectivity index (χ4v) is 4.33. The van der Waals surface area contributed by atoms with E-state index < -0.39 is 0 Å². The minimum Gasteiger partial charge on any atom is -0.313 e. The van der Waals surface area contributed by atoms with Gasteiger partial charge in [0, 0.05) is 40.9 Å². The molecular weight excluding hydrogens is 332 g/mol. The molecule has 3 rings (SSSR count). The molecule has 1 unspecified atom stereocenters. The number of hydrogen-bond acceptors (Lipinski definition) is 3. The quantitative estimate of drug-likeness (QED) is 0.904. The van der Waals surface area contributed by atoms with E-state index in [0.717, 1.165) is 26.2 Å². The average molecular weight is 351 g/mol. The van der Waals surface area contributed by atoms with Gasteiger partial charge in [-0.25, -0.2) is 0 Å². The zero-order valence-corrected chi connectivity index (χ0v) is 14.0. The van der Waals surface area contributed by atoms with Gasteiger partial charge in [0.25, 0.3) is 0 Å². The van der Waals surface area contributed by atoms with E-state index in [1.807, 2.05) is 11.3 Å². The molecule has 1 aliphatic heterocycles. The van der Waals surface area contributed by atoms with Gasteiger partial charge >= 0.3 is 0 Å². The van der Waals surface area contributed by atoms with Gasteiger partial charge in [-0.05, 0) is 34.5 Å². The van der Waals surface area contributed by atoms with E-state index in [4.69, 9.17) is 0 Å². The summed E-state index contributed by atoms with van der Waals surface area (Å²) in [4.78, 5) is 4.01. The van der Waals surface area contributed by atoms with Crippen molar-refractivity contribution in [3.05, 3.63) is 56.7 Å². The van der Waals surface area contributed by atoms with Crippen LogP contribution >= 0.6 is 27.3 Å². The van der Waals surface area contributed by atoms with Crippen LogP contribution < -0.4 is 5.32 Å². The highest BCUT2D eigenvalue weighted by molar-refractivity contribution is 9.10. The molecule has 2 aromatic rings. The minimum absolute atomic E-state index is 0.0655. The van der Waals surface area contributed by atoms with Crippen molar-refractivity contribution in [2.24, 2.45) is 0 Å². The predicted molar refractivity (Wildman–Crippen MR) is 89.1 cm³/mol. The van der Waals surface area contributed by atoms with Crippen LogP contribution in [0.25, 0.3) is 0 Å². The molecule has 0 bridgehead atoms. The first-order valence-corrected chi connectivity index (χ1v) is 8.60. The predicted octanol–water partition coefficient (Wildman–Crippen LogP) is 3.83. The SMILES string of the molecule is CC1(c2ccccc2)CNCCN1Cc1cc(Br)cs1.